The molecule has 0 saturated carbocycles. The smallest absolute Gasteiger partial charge is 0.255 e. The molecule has 164 valence electrons. The molecule has 6 nitrogen and oxygen atoms in total. The van der Waals surface area contributed by atoms with Crippen molar-refractivity contribution in [1.82, 2.24) is 0 Å². The second-order valence-electron chi connectivity index (χ2n) is 7.84. The normalized spacial score (nSPS) is 13.3. The van der Waals surface area contributed by atoms with Crippen molar-refractivity contribution in [3.8, 4) is 0 Å². The lowest BCUT2D eigenvalue weighted by atomic mass is 10.0. The van der Waals surface area contributed by atoms with Crippen LogP contribution in [0.2, 0.25) is 0 Å². The number of carbonyl (C=O) groups excluding carboxylic acids is 2. The number of hydrogen-bond donors (Lipinski definition) is 1. The van der Waals surface area contributed by atoms with Gasteiger partial charge in [0.05, 0.1) is 10.6 Å². The van der Waals surface area contributed by atoms with Gasteiger partial charge in [0.25, 0.3) is 5.91 Å². The molecule has 0 atom stereocenters. The lowest BCUT2D eigenvalue weighted by Crippen LogP contribution is -2.33. The summed E-state index contributed by atoms with van der Waals surface area (Å²) in [5, 5.41) is 2.88. The number of carbonyl (C=O) groups is 2. The molecule has 0 unspecified atom stereocenters. The van der Waals surface area contributed by atoms with E-state index < -0.39 is 9.84 Å². The Morgan fingerprint density at radius 3 is 2.50 bits per heavy atom. The van der Waals surface area contributed by atoms with Crippen molar-refractivity contribution in [3.63, 3.8) is 0 Å². The number of benzene rings is 3. The minimum absolute atomic E-state index is 0.00463. The molecule has 1 N–H and O–H groups in total. The van der Waals surface area contributed by atoms with Crippen LogP contribution in [0.5, 0.6) is 0 Å². The fourth-order valence-electron chi connectivity index (χ4n) is 3.94. The summed E-state index contributed by atoms with van der Waals surface area (Å²) in [6, 6.07) is 20.4. The lowest BCUT2D eigenvalue weighted by molar-refractivity contribution is -0.116. The molecule has 0 saturated heterocycles. The molecule has 1 heterocycles. The highest BCUT2D eigenvalue weighted by atomic mass is 32.2. The molecule has 3 aromatic rings. The van der Waals surface area contributed by atoms with Crippen molar-refractivity contribution in [3.05, 3.63) is 89.5 Å². The number of aryl methyl sites for hydroxylation is 1. The Kier molecular flexibility index (Phi) is 6.10. The van der Waals surface area contributed by atoms with E-state index in [1.54, 1.807) is 72.5 Å². The zero-order chi connectivity index (χ0) is 22.7. The Morgan fingerprint density at radius 2 is 1.75 bits per heavy atom. The molecule has 0 radical (unpaired) electrons. The summed E-state index contributed by atoms with van der Waals surface area (Å²) in [4.78, 5) is 26.7. The minimum atomic E-state index is -3.50. The lowest BCUT2D eigenvalue weighted by Gasteiger charge is -2.29. The van der Waals surface area contributed by atoms with Crippen LogP contribution in [-0.2, 0) is 26.8 Å². The Morgan fingerprint density at radius 1 is 0.969 bits per heavy atom. The number of hydrogen-bond acceptors (Lipinski definition) is 4. The standard InChI is InChI=1S/C25H24N2O4S/c1-18(28)27-14-6-9-20-16-22(12-13-24(20)27)26-25(29)21-8-5-7-19(15-21)17-32(30,31)23-10-3-2-4-11-23/h2-5,7-8,10-13,15-16H,6,9,14,17H2,1H3,(H,26,29). The molecule has 0 bridgehead atoms. The molecule has 4 rings (SSSR count). The predicted molar refractivity (Wildman–Crippen MR) is 125 cm³/mol. The highest BCUT2D eigenvalue weighted by molar-refractivity contribution is 7.90. The van der Waals surface area contributed by atoms with Crippen LogP contribution in [0.4, 0.5) is 11.4 Å². The fraction of sp³-hybridized carbons (Fsp3) is 0.200. The number of nitrogens with one attached hydrogen (secondary N) is 1. The molecule has 2 amide bonds. The average Bonchev–Trinajstić information content (AvgIpc) is 2.79. The maximum atomic E-state index is 12.8. The molecule has 1 aliphatic heterocycles. The van der Waals surface area contributed by atoms with Crippen molar-refractivity contribution in [2.45, 2.75) is 30.4 Å². The zero-order valence-electron chi connectivity index (χ0n) is 17.7. The minimum Gasteiger partial charge on any atom is -0.322 e. The fourth-order valence-corrected chi connectivity index (χ4v) is 5.30. The van der Waals surface area contributed by atoms with Gasteiger partial charge in [-0.15, -0.1) is 0 Å². The largest absolute Gasteiger partial charge is 0.322 e. The summed E-state index contributed by atoms with van der Waals surface area (Å²) < 4.78 is 25.3. The topological polar surface area (TPSA) is 83.6 Å². The van der Waals surface area contributed by atoms with Gasteiger partial charge in [-0.3, -0.25) is 9.59 Å². The number of nitrogens with zero attached hydrogens (tertiary/aromatic N) is 1. The van der Waals surface area contributed by atoms with Crippen molar-refractivity contribution in [2.24, 2.45) is 0 Å². The van der Waals surface area contributed by atoms with E-state index in [4.69, 9.17) is 0 Å². The SMILES string of the molecule is CC(=O)N1CCCc2cc(NC(=O)c3cccc(CS(=O)(=O)c4ccccc4)c3)ccc21. The van der Waals surface area contributed by atoms with Gasteiger partial charge in [-0.25, -0.2) is 8.42 Å². The Balaban J connectivity index is 1.51. The van der Waals surface area contributed by atoms with Crippen molar-refractivity contribution in [1.29, 1.82) is 0 Å². The predicted octanol–water partition coefficient (Wildman–Crippen LogP) is 4.21. The number of amides is 2. The van der Waals surface area contributed by atoms with Crippen LogP contribution in [0, 0.1) is 0 Å². The first-order valence-electron chi connectivity index (χ1n) is 10.4. The van der Waals surface area contributed by atoms with E-state index in [-0.39, 0.29) is 22.5 Å². The van der Waals surface area contributed by atoms with Crippen molar-refractivity contribution < 1.29 is 18.0 Å². The summed E-state index contributed by atoms with van der Waals surface area (Å²) in [6.45, 7) is 2.25. The van der Waals surface area contributed by atoms with Gasteiger partial charge in [0, 0.05) is 30.4 Å². The number of fused-ring (bicyclic) bond motifs is 1. The van der Waals surface area contributed by atoms with Crippen LogP contribution in [-0.4, -0.2) is 26.8 Å². The molecule has 0 spiro atoms. The third-order valence-corrected chi connectivity index (χ3v) is 7.19. The van der Waals surface area contributed by atoms with Gasteiger partial charge in [0.15, 0.2) is 9.84 Å². The van der Waals surface area contributed by atoms with Gasteiger partial charge >= 0.3 is 0 Å². The van der Waals surface area contributed by atoms with Gasteiger partial charge in [-0.2, -0.15) is 0 Å². The second kappa shape index (κ2) is 8.96. The molecule has 1 aliphatic rings. The quantitative estimate of drug-likeness (QED) is 0.634. The van der Waals surface area contributed by atoms with Gasteiger partial charge in [-0.1, -0.05) is 30.3 Å². The molecule has 0 aliphatic carbocycles. The molecule has 3 aromatic carbocycles. The van der Waals surface area contributed by atoms with E-state index in [1.807, 2.05) is 12.1 Å². The van der Waals surface area contributed by atoms with Crippen molar-refractivity contribution >= 4 is 33.0 Å². The maximum absolute atomic E-state index is 12.8. The first-order chi connectivity index (χ1) is 15.3. The van der Waals surface area contributed by atoms with E-state index in [0.29, 0.717) is 23.4 Å². The molecular weight excluding hydrogens is 424 g/mol. The van der Waals surface area contributed by atoms with E-state index in [2.05, 4.69) is 5.32 Å². The Hall–Kier alpha value is -3.45. The number of rotatable bonds is 5. The highest BCUT2D eigenvalue weighted by Crippen LogP contribution is 2.30. The third-order valence-electron chi connectivity index (χ3n) is 5.48. The molecule has 0 aromatic heterocycles. The van der Waals surface area contributed by atoms with Crippen LogP contribution in [0.1, 0.15) is 34.8 Å². The van der Waals surface area contributed by atoms with E-state index in [0.717, 1.165) is 24.1 Å². The first-order valence-corrected chi connectivity index (χ1v) is 12.1. The zero-order valence-corrected chi connectivity index (χ0v) is 18.6. The summed E-state index contributed by atoms with van der Waals surface area (Å²) in [5.41, 5.74) is 3.47. The second-order valence-corrected chi connectivity index (χ2v) is 9.83. The van der Waals surface area contributed by atoms with Crippen LogP contribution in [0.25, 0.3) is 0 Å². The average molecular weight is 449 g/mol. The third kappa shape index (κ3) is 4.73. The van der Waals surface area contributed by atoms with Gasteiger partial charge in [-0.05, 0) is 66.4 Å². The van der Waals surface area contributed by atoms with Crippen LogP contribution in [0.15, 0.2) is 77.7 Å². The molecule has 7 heteroatoms. The molecular formula is C25H24N2O4S. The van der Waals surface area contributed by atoms with E-state index in [9.17, 15) is 18.0 Å². The van der Waals surface area contributed by atoms with Gasteiger partial charge in [0.2, 0.25) is 5.91 Å². The van der Waals surface area contributed by atoms with Crippen molar-refractivity contribution in [2.75, 3.05) is 16.8 Å². The van der Waals surface area contributed by atoms with Crippen LogP contribution < -0.4 is 10.2 Å². The summed E-state index contributed by atoms with van der Waals surface area (Å²) in [7, 11) is -3.50. The van der Waals surface area contributed by atoms with Gasteiger partial charge < -0.3 is 10.2 Å². The van der Waals surface area contributed by atoms with Gasteiger partial charge in [0.1, 0.15) is 0 Å². The molecule has 0 fully saturated rings. The van der Waals surface area contributed by atoms with E-state index >= 15 is 0 Å². The summed E-state index contributed by atoms with van der Waals surface area (Å²) >= 11 is 0. The number of sulfone groups is 1. The summed E-state index contributed by atoms with van der Waals surface area (Å²) in [6.07, 6.45) is 1.72. The molecule has 32 heavy (non-hydrogen) atoms. The van der Waals surface area contributed by atoms with E-state index in [1.165, 1.54) is 0 Å². The monoisotopic (exact) mass is 448 g/mol. The van der Waals surface area contributed by atoms with Crippen LogP contribution >= 0.6 is 0 Å². The summed E-state index contributed by atoms with van der Waals surface area (Å²) in [5.74, 6) is -0.495. The Labute approximate surface area is 187 Å². The Bertz CT molecular complexity index is 1270. The van der Waals surface area contributed by atoms with Crippen LogP contribution in [0.3, 0.4) is 0 Å². The number of anilines is 2. The highest BCUT2D eigenvalue weighted by Gasteiger charge is 2.21. The first kappa shape index (κ1) is 21.8. The maximum Gasteiger partial charge on any atom is 0.255 e.